The Morgan fingerprint density at radius 2 is 1.60 bits per heavy atom. The first kappa shape index (κ1) is 38.2. The van der Waals surface area contributed by atoms with E-state index in [0.29, 0.717) is 22.9 Å². The van der Waals surface area contributed by atoms with Gasteiger partial charge in [0.2, 0.25) is 11.8 Å². The normalized spacial score (nSPS) is 11.9. The Kier molecular flexibility index (Phi) is 12.9. The van der Waals surface area contributed by atoms with E-state index < -0.39 is 45.0 Å². The maximum Gasteiger partial charge on any atom is 0.273 e. The Hall–Kier alpha value is -4.65. The van der Waals surface area contributed by atoms with E-state index in [4.69, 9.17) is 27.9 Å². The van der Waals surface area contributed by atoms with Crippen molar-refractivity contribution in [2.75, 3.05) is 24.5 Å². The SMILES string of the molecule is COc1ccc(N(CC(=O)N(Cc2ccc(Cl)c(Cl)c2)[C@H](Cc2ccccc2)C(=O)NCC(C)C)S(=O)(=O)c2ccc(C)c([N+](=O)[O-])c2)cc1. The zero-order valence-electron chi connectivity index (χ0n) is 28.0. The van der Waals surface area contributed by atoms with E-state index in [-0.39, 0.29) is 40.1 Å². The number of rotatable bonds is 15. The first-order valence-electron chi connectivity index (χ1n) is 15.7. The van der Waals surface area contributed by atoms with Crippen molar-refractivity contribution >= 4 is 56.4 Å². The number of aryl methyl sites for hydroxylation is 1. The molecular formula is C36H38Cl2N4O7S. The summed E-state index contributed by atoms with van der Waals surface area (Å²) in [6.45, 7) is 4.86. The van der Waals surface area contributed by atoms with Crippen LogP contribution in [0.25, 0.3) is 0 Å². The Bertz CT molecular complexity index is 1940. The molecule has 0 saturated carbocycles. The second-order valence-corrected chi connectivity index (χ2v) is 14.7. The number of halogens is 2. The van der Waals surface area contributed by atoms with Crippen LogP contribution in [0.15, 0.2) is 95.9 Å². The van der Waals surface area contributed by atoms with E-state index in [0.717, 1.165) is 15.9 Å². The fraction of sp³-hybridized carbons (Fsp3) is 0.278. The van der Waals surface area contributed by atoms with E-state index in [1.54, 1.807) is 18.2 Å². The molecule has 264 valence electrons. The lowest BCUT2D eigenvalue weighted by atomic mass is 10.0. The van der Waals surface area contributed by atoms with Gasteiger partial charge in [0.25, 0.3) is 15.7 Å². The largest absolute Gasteiger partial charge is 0.497 e. The van der Waals surface area contributed by atoms with Gasteiger partial charge in [-0.15, -0.1) is 0 Å². The van der Waals surface area contributed by atoms with Crippen LogP contribution in [0.5, 0.6) is 5.75 Å². The van der Waals surface area contributed by atoms with Crippen molar-refractivity contribution in [3.63, 3.8) is 0 Å². The molecule has 4 aromatic carbocycles. The van der Waals surface area contributed by atoms with Crippen LogP contribution in [0.4, 0.5) is 11.4 Å². The van der Waals surface area contributed by atoms with Crippen molar-refractivity contribution in [2.45, 2.75) is 44.7 Å². The third-order valence-electron chi connectivity index (χ3n) is 7.90. The molecule has 2 amide bonds. The summed E-state index contributed by atoms with van der Waals surface area (Å²) >= 11 is 12.5. The quantitative estimate of drug-likeness (QED) is 0.104. The van der Waals surface area contributed by atoms with E-state index in [1.807, 2.05) is 44.2 Å². The number of benzene rings is 4. The number of nitro benzene ring substituents is 1. The molecule has 0 aromatic heterocycles. The monoisotopic (exact) mass is 740 g/mol. The average Bonchev–Trinajstić information content (AvgIpc) is 3.09. The highest BCUT2D eigenvalue weighted by Gasteiger charge is 2.35. The maximum atomic E-state index is 14.6. The second-order valence-electron chi connectivity index (χ2n) is 12.0. The van der Waals surface area contributed by atoms with E-state index in [9.17, 15) is 28.1 Å². The van der Waals surface area contributed by atoms with Gasteiger partial charge >= 0.3 is 0 Å². The Labute approximate surface area is 302 Å². The molecule has 50 heavy (non-hydrogen) atoms. The number of hydrogen-bond acceptors (Lipinski definition) is 7. The molecule has 4 aromatic rings. The lowest BCUT2D eigenvalue weighted by Crippen LogP contribution is -2.53. The molecule has 0 unspecified atom stereocenters. The molecule has 0 fully saturated rings. The molecule has 1 atom stereocenters. The fourth-order valence-corrected chi connectivity index (χ4v) is 6.92. The van der Waals surface area contributed by atoms with Crippen LogP contribution in [0.1, 0.15) is 30.5 Å². The van der Waals surface area contributed by atoms with Crippen LogP contribution in [-0.4, -0.2) is 56.3 Å². The summed E-state index contributed by atoms with van der Waals surface area (Å²) in [5, 5.41) is 15.2. The van der Waals surface area contributed by atoms with Gasteiger partial charge in [-0.05, 0) is 66.4 Å². The highest BCUT2D eigenvalue weighted by atomic mass is 35.5. The Balaban J connectivity index is 1.85. The van der Waals surface area contributed by atoms with Crippen LogP contribution < -0.4 is 14.4 Å². The zero-order valence-corrected chi connectivity index (χ0v) is 30.3. The number of carbonyl (C=O) groups is 2. The van der Waals surface area contributed by atoms with Gasteiger partial charge in [0.15, 0.2) is 0 Å². The van der Waals surface area contributed by atoms with Crippen molar-refractivity contribution in [1.29, 1.82) is 0 Å². The minimum atomic E-state index is -4.59. The van der Waals surface area contributed by atoms with Gasteiger partial charge in [0.1, 0.15) is 18.3 Å². The number of carbonyl (C=O) groups excluding carboxylic acids is 2. The molecule has 14 heteroatoms. The molecule has 0 radical (unpaired) electrons. The summed E-state index contributed by atoms with van der Waals surface area (Å²) in [5.41, 5.74) is 1.30. The molecule has 4 rings (SSSR count). The molecule has 0 aliphatic rings. The summed E-state index contributed by atoms with van der Waals surface area (Å²) in [6, 6.07) is 22.5. The Morgan fingerprint density at radius 1 is 0.920 bits per heavy atom. The van der Waals surface area contributed by atoms with Crippen molar-refractivity contribution in [3.8, 4) is 5.75 Å². The number of ether oxygens (including phenoxy) is 1. The summed E-state index contributed by atoms with van der Waals surface area (Å²) in [6.07, 6.45) is 0.122. The topological polar surface area (TPSA) is 139 Å². The third-order valence-corrected chi connectivity index (χ3v) is 10.4. The summed E-state index contributed by atoms with van der Waals surface area (Å²) < 4.78 is 34.8. The molecular weight excluding hydrogens is 703 g/mol. The van der Waals surface area contributed by atoms with Gasteiger partial charge in [-0.3, -0.25) is 24.0 Å². The maximum absolute atomic E-state index is 14.6. The van der Waals surface area contributed by atoms with Crippen molar-refractivity contribution in [2.24, 2.45) is 5.92 Å². The number of nitrogens with one attached hydrogen (secondary N) is 1. The Morgan fingerprint density at radius 3 is 2.20 bits per heavy atom. The number of methoxy groups -OCH3 is 1. The first-order chi connectivity index (χ1) is 23.7. The molecule has 0 aliphatic heterocycles. The smallest absolute Gasteiger partial charge is 0.273 e. The van der Waals surface area contributed by atoms with Gasteiger partial charge in [-0.1, -0.05) is 79.5 Å². The van der Waals surface area contributed by atoms with E-state index >= 15 is 0 Å². The van der Waals surface area contributed by atoms with Crippen molar-refractivity contribution in [3.05, 3.63) is 128 Å². The fourth-order valence-electron chi connectivity index (χ4n) is 5.16. The number of nitro groups is 1. The molecule has 0 bridgehead atoms. The molecule has 0 saturated heterocycles. The number of nitrogens with zero attached hydrogens (tertiary/aromatic N) is 3. The van der Waals surface area contributed by atoms with Gasteiger partial charge < -0.3 is 15.0 Å². The first-order valence-corrected chi connectivity index (χ1v) is 17.9. The average molecular weight is 742 g/mol. The van der Waals surface area contributed by atoms with Crippen LogP contribution in [-0.2, 0) is 32.6 Å². The summed E-state index contributed by atoms with van der Waals surface area (Å²) in [4.78, 5) is 40.6. The van der Waals surface area contributed by atoms with Gasteiger partial charge in [-0.2, -0.15) is 0 Å². The summed E-state index contributed by atoms with van der Waals surface area (Å²) in [5.74, 6) is -0.583. The zero-order chi connectivity index (χ0) is 36.6. The standard InChI is InChI=1S/C36H38Cl2N4O7S/c1-24(2)21-39-36(44)34(19-26-8-6-5-7-9-26)40(22-27-11-17-31(37)32(38)18-27)35(43)23-41(28-12-14-29(49-4)15-13-28)50(47,48)30-16-10-25(3)33(20-30)42(45)46/h5-18,20,24,34H,19,21-23H2,1-4H3,(H,39,44)/t34-/m1/s1. The third kappa shape index (κ3) is 9.52. The van der Waals surface area contributed by atoms with Crippen LogP contribution in [0.2, 0.25) is 10.0 Å². The van der Waals surface area contributed by atoms with Crippen LogP contribution >= 0.6 is 23.2 Å². The second kappa shape index (κ2) is 16.8. The molecule has 11 nitrogen and oxygen atoms in total. The van der Waals surface area contributed by atoms with Gasteiger partial charge in [-0.25, -0.2) is 8.42 Å². The lowest BCUT2D eigenvalue weighted by Gasteiger charge is -2.34. The number of sulfonamides is 1. The van der Waals surface area contributed by atoms with Crippen molar-refractivity contribution in [1.82, 2.24) is 10.2 Å². The molecule has 0 aliphatic carbocycles. The highest BCUT2D eigenvalue weighted by Crippen LogP contribution is 2.30. The predicted molar refractivity (Wildman–Crippen MR) is 194 cm³/mol. The van der Waals surface area contributed by atoms with E-state index in [2.05, 4.69) is 5.32 Å². The van der Waals surface area contributed by atoms with Crippen LogP contribution in [0.3, 0.4) is 0 Å². The highest BCUT2D eigenvalue weighted by molar-refractivity contribution is 7.92. The minimum Gasteiger partial charge on any atom is -0.497 e. The molecule has 0 spiro atoms. The van der Waals surface area contributed by atoms with E-state index in [1.165, 1.54) is 55.3 Å². The number of anilines is 1. The van der Waals surface area contributed by atoms with Gasteiger partial charge in [0, 0.05) is 31.1 Å². The number of amides is 2. The number of hydrogen-bond donors (Lipinski definition) is 1. The van der Waals surface area contributed by atoms with Gasteiger partial charge in [0.05, 0.1) is 32.7 Å². The minimum absolute atomic E-state index is 0.0979. The summed E-state index contributed by atoms with van der Waals surface area (Å²) in [7, 11) is -3.13. The lowest BCUT2D eigenvalue weighted by molar-refractivity contribution is -0.385. The van der Waals surface area contributed by atoms with Crippen LogP contribution in [0, 0.1) is 23.0 Å². The molecule has 1 N–H and O–H groups in total. The molecule has 0 heterocycles. The predicted octanol–water partition coefficient (Wildman–Crippen LogP) is 6.83. The van der Waals surface area contributed by atoms with Crippen molar-refractivity contribution < 1.29 is 27.7 Å².